The number of hydrogen-bond donors (Lipinski definition) is 2. The van der Waals surface area contributed by atoms with E-state index in [1.807, 2.05) is 12.1 Å². The second kappa shape index (κ2) is 7.08. The molecule has 0 radical (unpaired) electrons. The molecule has 3 rings (SSSR count). The van der Waals surface area contributed by atoms with Gasteiger partial charge in [-0.2, -0.15) is 0 Å². The van der Waals surface area contributed by atoms with E-state index in [4.69, 9.17) is 0 Å². The van der Waals surface area contributed by atoms with Gasteiger partial charge < -0.3 is 10.4 Å². The zero-order chi connectivity index (χ0) is 15.3. The van der Waals surface area contributed by atoms with Gasteiger partial charge in [-0.05, 0) is 30.4 Å². The summed E-state index contributed by atoms with van der Waals surface area (Å²) in [5.74, 6) is 0. The smallest absolute Gasteiger partial charge is 0.0763 e. The second-order valence-corrected chi connectivity index (χ2v) is 6.26. The van der Waals surface area contributed by atoms with E-state index in [-0.39, 0.29) is 11.6 Å². The number of benzene rings is 2. The van der Waals surface area contributed by atoms with Crippen LogP contribution in [0.3, 0.4) is 0 Å². The predicted octanol–water partition coefficient (Wildman–Crippen LogP) is 3.65. The molecule has 0 amide bonds. The van der Waals surface area contributed by atoms with Crippen molar-refractivity contribution < 1.29 is 5.11 Å². The molecule has 2 heteroatoms. The molecule has 1 aliphatic rings. The van der Waals surface area contributed by atoms with Crippen molar-refractivity contribution in [2.24, 2.45) is 0 Å². The zero-order valence-corrected chi connectivity index (χ0v) is 13.0. The van der Waals surface area contributed by atoms with Crippen molar-refractivity contribution in [3.05, 3.63) is 71.8 Å². The van der Waals surface area contributed by atoms with Crippen molar-refractivity contribution >= 4 is 0 Å². The number of aliphatic hydroxyl groups excluding tert-OH is 1. The van der Waals surface area contributed by atoms with Crippen molar-refractivity contribution in [1.82, 2.24) is 5.32 Å². The molecule has 0 spiro atoms. The largest absolute Gasteiger partial charge is 0.391 e. The monoisotopic (exact) mass is 295 g/mol. The number of rotatable bonds is 5. The molecule has 2 atom stereocenters. The van der Waals surface area contributed by atoms with E-state index in [9.17, 15) is 5.11 Å². The minimum atomic E-state index is -0.306. The zero-order valence-electron chi connectivity index (χ0n) is 13.0. The Labute approximate surface area is 133 Å². The Balaban J connectivity index is 1.75. The molecule has 2 unspecified atom stereocenters. The Bertz CT molecular complexity index is 569. The lowest BCUT2D eigenvalue weighted by atomic mass is 9.74. The third-order valence-corrected chi connectivity index (χ3v) is 4.85. The van der Waals surface area contributed by atoms with Crippen LogP contribution in [0.5, 0.6) is 0 Å². The fourth-order valence-corrected chi connectivity index (χ4v) is 3.61. The van der Waals surface area contributed by atoms with Gasteiger partial charge in [0.15, 0.2) is 0 Å². The Morgan fingerprint density at radius 2 is 1.64 bits per heavy atom. The highest BCUT2D eigenvalue weighted by Crippen LogP contribution is 2.37. The number of aliphatic hydroxyl groups is 1. The molecule has 1 aliphatic carbocycles. The molecule has 1 fully saturated rings. The molecule has 22 heavy (non-hydrogen) atoms. The molecular weight excluding hydrogens is 270 g/mol. The predicted molar refractivity (Wildman–Crippen MR) is 90.7 cm³/mol. The Morgan fingerprint density at radius 1 is 0.955 bits per heavy atom. The van der Waals surface area contributed by atoms with Gasteiger partial charge in [-0.15, -0.1) is 0 Å². The van der Waals surface area contributed by atoms with Crippen molar-refractivity contribution in [3.63, 3.8) is 0 Å². The highest BCUT2D eigenvalue weighted by atomic mass is 16.3. The van der Waals surface area contributed by atoms with E-state index >= 15 is 0 Å². The average molecular weight is 295 g/mol. The van der Waals surface area contributed by atoms with E-state index in [1.54, 1.807) is 0 Å². The first-order chi connectivity index (χ1) is 10.8. The van der Waals surface area contributed by atoms with Gasteiger partial charge in [0.1, 0.15) is 0 Å². The van der Waals surface area contributed by atoms with Gasteiger partial charge >= 0.3 is 0 Å². The maximum atomic E-state index is 10.7. The van der Waals surface area contributed by atoms with E-state index in [2.05, 4.69) is 53.8 Å². The fraction of sp³-hybridized carbons (Fsp3) is 0.400. The maximum absolute atomic E-state index is 10.7. The number of hydrogen-bond acceptors (Lipinski definition) is 2. The molecular formula is C20H25NO. The molecule has 0 bridgehead atoms. The quantitative estimate of drug-likeness (QED) is 0.882. The molecule has 2 nitrogen and oxygen atoms in total. The van der Waals surface area contributed by atoms with Crippen LogP contribution >= 0.6 is 0 Å². The SMILES string of the molecule is OC1CCCCC1(NCCc1ccccc1)c1ccccc1. The average Bonchev–Trinajstić information content (AvgIpc) is 2.58. The Kier molecular flexibility index (Phi) is 4.91. The van der Waals surface area contributed by atoms with Crippen molar-refractivity contribution in [1.29, 1.82) is 0 Å². The lowest BCUT2D eigenvalue weighted by Gasteiger charge is -2.43. The maximum Gasteiger partial charge on any atom is 0.0763 e. The van der Waals surface area contributed by atoms with E-state index in [1.165, 1.54) is 17.5 Å². The van der Waals surface area contributed by atoms with Crippen LogP contribution in [0, 0.1) is 0 Å². The van der Waals surface area contributed by atoms with Crippen LogP contribution in [0.1, 0.15) is 36.8 Å². The summed E-state index contributed by atoms with van der Waals surface area (Å²) in [6.45, 7) is 0.885. The van der Waals surface area contributed by atoms with E-state index in [0.29, 0.717) is 0 Å². The van der Waals surface area contributed by atoms with Gasteiger partial charge in [-0.25, -0.2) is 0 Å². The molecule has 0 aliphatic heterocycles. The fourth-order valence-electron chi connectivity index (χ4n) is 3.61. The summed E-state index contributed by atoms with van der Waals surface area (Å²) in [7, 11) is 0. The third-order valence-electron chi connectivity index (χ3n) is 4.85. The van der Waals surface area contributed by atoms with Crippen LogP contribution in [-0.2, 0) is 12.0 Å². The summed E-state index contributed by atoms with van der Waals surface area (Å²) in [5, 5.41) is 14.4. The molecule has 2 N–H and O–H groups in total. The standard InChI is InChI=1S/C20H25NO/c22-19-13-7-8-15-20(19,18-11-5-2-6-12-18)21-16-14-17-9-3-1-4-10-17/h1-6,9-12,19,21-22H,7-8,13-16H2. The van der Waals surface area contributed by atoms with Crippen LogP contribution < -0.4 is 5.32 Å². The van der Waals surface area contributed by atoms with Gasteiger partial charge in [0.05, 0.1) is 11.6 Å². The summed E-state index contributed by atoms with van der Waals surface area (Å²) in [5.41, 5.74) is 2.27. The van der Waals surface area contributed by atoms with Crippen LogP contribution in [0.15, 0.2) is 60.7 Å². The van der Waals surface area contributed by atoms with E-state index in [0.717, 1.165) is 32.2 Å². The molecule has 116 valence electrons. The van der Waals surface area contributed by atoms with Crippen molar-refractivity contribution in [2.45, 2.75) is 43.7 Å². The molecule has 2 aromatic rings. The number of nitrogens with one attached hydrogen (secondary N) is 1. The summed E-state index contributed by atoms with van der Waals surface area (Å²) in [4.78, 5) is 0. The summed E-state index contributed by atoms with van der Waals surface area (Å²) < 4.78 is 0. The molecule has 1 saturated carbocycles. The van der Waals surface area contributed by atoms with Gasteiger partial charge in [0.2, 0.25) is 0 Å². The third kappa shape index (κ3) is 3.23. The summed E-state index contributed by atoms with van der Waals surface area (Å²) in [6.07, 6.45) is 4.86. The van der Waals surface area contributed by atoms with Gasteiger partial charge in [0, 0.05) is 6.54 Å². The topological polar surface area (TPSA) is 32.3 Å². The first kappa shape index (κ1) is 15.3. The Morgan fingerprint density at radius 3 is 2.32 bits per heavy atom. The molecule has 2 aromatic carbocycles. The first-order valence-electron chi connectivity index (χ1n) is 8.34. The highest BCUT2D eigenvalue weighted by molar-refractivity contribution is 5.27. The molecule has 0 saturated heterocycles. The second-order valence-electron chi connectivity index (χ2n) is 6.26. The molecule has 0 aromatic heterocycles. The van der Waals surface area contributed by atoms with Crippen LogP contribution in [0.4, 0.5) is 0 Å². The molecule has 0 heterocycles. The minimum absolute atomic E-state index is 0.283. The first-order valence-corrected chi connectivity index (χ1v) is 8.34. The van der Waals surface area contributed by atoms with Crippen molar-refractivity contribution in [2.75, 3.05) is 6.54 Å². The Hall–Kier alpha value is -1.64. The van der Waals surface area contributed by atoms with Crippen molar-refractivity contribution in [3.8, 4) is 0 Å². The lowest BCUT2D eigenvalue weighted by molar-refractivity contribution is 0.0208. The summed E-state index contributed by atoms with van der Waals surface area (Å²) in [6, 6.07) is 21.0. The highest BCUT2D eigenvalue weighted by Gasteiger charge is 2.40. The summed E-state index contributed by atoms with van der Waals surface area (Å²) >= 11 is 0. The van der Waals surface area contributed by atoms with E-state index < -0.39 is 0 Å². The van der Waals surface area contributed by atoms with Crippen LogP contribution in [0.2, 0.25) is 0 Å². The minimum Gasteiger partial charge on any atom is -0.391 e. The van der Waals surface area contributed by atoms with Crippen LogP contribution in [0.25, 0.3) is 0 Å². The lowest BCUT2D eigenvalue weighted by Crippen LogP contribution is -2.54. The van der Waals surface area contributed by atoms with Crippen LogP contribution in [-0.4, -0.2) is 17.8 Å². The van der Waals surface area contributed by atoms with Gasteiger partial charge in [0.25, 0.3) is 0 Å². The van der Waals surface area contributed by atoms with Gasteiger partial charge in [-0.1, -0.05) is 73.5 Å². The van der Waals surface area contributed by atoms with Gasteiger partial charge in [-0.3, -0.25) is 0 Å². The normalized spacial score (nSPS) is 25.0.